The molecule has 0 saturated carbocycles. The fraction of sp³-hybridized carbons (Fsp3) is 0.100. The Morgan fingerprint density at radius 1 is 1.55 bits per heavy atom. The summed E-state index contributed by atoms with van der Waals surface area (Å²) in [5.74, 6) is -0.761. The summed E-state index contributed by atoms with van der Waals surface area (Å²) in [5.41, 5.74) is 3.48. The van der Waals surface area contributed by atoms with Gasteiger partial charge in [0.25, 0.3) is 5.69 Å². The Morgan fingerprint density at radius 2 is 2.14 bits per heavy atom. The molecule has 0 atom stereocenters. The maximum absolute atomic E-state index is 12.7. The third-order valence-corrected chi connectivity index (χ3v) is 2.55. The van der Waals surface area contributed by atoms with Crippen LogP contribution in [0.3, 0.4) is 0 Å². The number of amidine groups is 1. The third kappa shape index (κ3) is 3.83. The molecule has 1 aromatic carbocycles. The number of halogens is 4. The lowest BCUT2D eigenvalue weighted by Gasteiger charge is -2.11. The largest absolute Gasteiger partial charge is 0.417 e. The zero-order valence-electron chi connectivity index (χ0n) is 10.4. The number of hydrazone groups is 1. The van der Waals surface area contributed by atoms with Crippen LogP contribution in [0.25, 0.3) is 0 Å². The van der Waals surface area contributed by atoms with Crippen molar-refractivity contribution in [1.29, 1.82) is 10.7 Å². The molecule has 0 unspecified atom stereocenters. The average Bonchev–Trinajstić information content (AvgIpc) is 2.38. The number of hydrogen-bond acceptors (Lipinski definition) is 6. The van der Waals surface area contributed by atoms with Gasteiger partial charge in [-0.05, 0) is 6.07 Å². The summed E-state index contributed by atoms with van der Waals surface area (Å²) in [6.07, 6.45) is -4.84. The van der Waals surface area contributed by atoms with Gasteiger partial charge in [-0.25, -0.2) is 0 Å². The molecule has 22 heavy (non-hydrogen) atoms. The summed E-state index contributed by atoms with van der Waals surface area (Å²) >= 11 is 5.38. The fourth-order valence-electron chi connectivity index (χ4n) is 1.28. The van der Waals surface area contributed by atoms with Gasteiger partial charge in [-0.15, -0.1) is 0 Å². The van der Waals surface area contributed by atoms with Crippen LogP contribution in [-0.2, 0) is 6.18 Å². The summed E-state index contributed by atoms with van der Waals surface area (Å²) in [6, 6.07) is 2.27. The normalized spacial score (nSPS) is 11.7. The monoisotopic (exact) mass is 334 g/mol. The molecule has 0 bridgehead atoms. The predicted molar refractivity (Wildman–Crippen MR) is 71.7 cm³/mol. The molecule has 1 rings (SSSR count). The van der Waals surface area contributed by atoms with Gasteiger partial charge in [-0.2, -0.15) is 23.5 Å². The van der Waals surface area contributed by atoms with E-state index < -0.39 is 44.6 Å². The van der Waals surface area contributed by atoms with E-state index in [1.54, 1.807) is 0 Å². The number of nitrogens with one attached hydrogen (secondary N) is 2. The fourth-order valence-corrected chi connectivity index (χ4v) is 1.55. The summed E-state index contributed by atoms with van der Waals surface area (Å²) in [7, 11) is 0. The highest BCUT2D eigenvalue weighted by molar-refractivity contribution is 6.45. The molecule has 8 nitrogen and oxygen atoms in total. The van der Waals surface area contributed by atoms with Crippen molar-refractivity contribution in [3.8, 4) is 6.07 Å². The Morgan fingerprint density at radius 3 is 2.55 bits per heavy atom. The molecule has 1 aromatic rings. The van der Waals surface area contributed by atoms with Crippen LogP contribution in [0, 0.1) is 26.9 Å². The van der Waals surface area contributed by atoms with Crippen LogP contribution in [0.4, 0.5) is 24.5 Å². The van der Waals surface area contributed by atoms with Crippen molar-refractivity contribution >= 4 is 34.5 Å². The quantitative estimate of drug-likeness (QED) is 0.335. The molecule has 12 heteroatoms. The number of benzene rings is 1. The van der Waals surface area contributed by atoms with E-state index in [0.717, 1.165) is 0 Å². The van der Waals surface area contributed by atoms with Gasteiger partial charge in [-0.3, -0.25) is 20.9 Å². The smallest absolute Gasteiger partial charge is 0.382 e. The van der Waals surface area contributed by atoms with Crippen LogP contribution in [-0.4, -0.2) is 16.5 Å². The number of nitrogens with zero attached hydrogens (tertiary/aromatic N) is 3. The molecule has 0 heterocycles. The van der Waals surface area contributed by atoms with E-state index in [4.69, 9.17) is 28.0 Å². The lowest BCUT2D eigenvalue weighted by atomic mass is 10.1. The Hall–Kier alpha value is -2.87. The van der Waals surface area contributed by atoms with E-state index in [2.05, 4.69) is 5.10 Å². The van der Waals surface area contributed by atoms with E-state index in [1.807, 2.05) is 5.43 Å². The van der Waals surface area contributed by atoms with Crippen molar-refractivity contribution in [3.05, 3.63) is 32.8 Å². The molecule has 0 amide bonds. The van der Waals surface area contributed by atoms with Gasteiger partial charge < -0.3 is 5.73 Å². The van der Waals surface area contributed by atoms with Gasteiger partial charge in [0.05, 0.1) is 15.5 Å². The Balaban J connectivity index is 3.42. The van der Waals surface area contributed by atoms with Crippen LogP contribution in [0.5, 0.6) is 0 Å². The molecule has 0 spiro atoms. The molecule has 0 aliphatic carbocycles. The van der Waals surface area contributed by atoms with Crippen LogP contribution >= 0.6 is 11.6 Å². The molecule has 4 N–H and O–H groups in total. The molecule has 116 valence electrons. The number of anilines is 1. The number of nitriles is 1. The first kappa shape index (κ1) is 17.2. The highest BCUT2D eigenvalue weighted by atomic mass is 35.5. The zero-order valence-corrected chi connectivity index (χ0v) is 11.2. The minimum atomic E-state index is -4.84. The summed E-state index contributed by atoms with van der Waals surface area (Å²) in [4.78, 5) is 9.85. The number of alkyl halides is 3. The summed E-state index contributed by atoms with van der Waals surface area (Å²) in [5, 5.41) is 28.8. The number of hydrogen-bond donors (Lipinski definition) is 3. The summed E-state index contributed by atoms with van der Waals surface area (Å²) < 4.78 is 38.2. The highest BCUT2D eigenvalue weighted by Gasteiger charge is 2.35. The van der Waals surface area contributed by atoms with Crippen LogP contribution in [0.15, 0.2) is 17.2 Å². The standard InChI is InChI=1S/C10H6ClF3N6O2/c11-5-2-8(20(21)22)6(1-4(5)10(12,13)14)18-19-7(3-15)9(16)17/h1-2,18H,(H3,16,17)/b19-7+. The molecule has 0 aromatic heterocycles. The maximum atomic E-state index is 12.7. The van der Waals surface area contributed by atoms with Crippen LogP contribution < -0.4 is 11.2 Å². The van der Waals surface area contributed by atoms with E-state index >= 15 is 0 Å². The number of nitro groups is 1. The van der Waals surface area contributed by atoms with Crippen molar-refractivity contribution < 1.29 is 18.1 Å². The number of nitro benzene ring substituents is 1. The van der Waals surface area contributed by atoms with Crippen molar-refractivity contribution in [1.82, 2.24) is 0 Å². The number of nitrogens with two attached hydrogens (primary N) is 1. The second-order valence-electron chi connectivity index (χ2n) is 3.70. The minimum absolute atomic E-state index is 0.374. The Labute approximate surface area is 125 Å². The van der Waals surface area contributed by atoms with Gasteiger partial charge in [-0.1, -0.05) is 11.6 Å². The van der Waals surface area contributed by atoms with E-state index in [1.165, 1.54) is 6.07 Å². The molecule has 0 aliphatic rings. The average molecular weight is 335 g/mol. The second kappa shape index (κ2) is 6.27. The zero-order chi connectivity index (χ0) is 17.1. The molecule has 0 saturated heterocycles. The van der Waals surface area contributed by atoms with Gasteiger partial charge in [0.1, 0.15) is 11.8 Å². The van der Waals surface area contributed by atoms with Gasteiger partial charge in [0.2, 0.25) is 5.71 Å². The van der Waals surface area contributed by atoms with Gasteiger partial charge in [0.15, 0.2) is 5.84 Å². The highest BCUT2D eigenvalue weighted by Crippen LogP contribution is 2.40. The first-order valence-electron chi connectivity index (χ1n) is 5.21. The first-order valence-corrected chi connectivity index (χ1v) is 5.59. The van der Waals surface area contributed by atoms with Gasteiger partial charge in [0, 0.05) is 6.07 Å². The minimum Gasteiger partial charge on any atom is -0.382 e. The first-order chi connectivity index (χ1) is 10.1. The molecular formula is C10H6ClF3N6O2. The molecular weight excluding hydrogens is 329 g/mol. The van der Waals surface area contributed by atoms with Crippen molar-refractivity contribution in [3.63, 3.8) is 0 Å². The van der Waals surface area contributed by atoms with Crippen molar-refractivity contribution in [2.45, 2.75) is 6.18 Å². The predicted octanol–water partition coefficient (Wildman–Crippen LogP) is 2.49. The third-order valence-electron chi connectivity index (χ3n) is 2.24. The van der Waals surface area contributed by atoms with Crippen LogP contribution in [0.2, 0.25) is 5.02 Å². The SMILES string of the molecule is N#C/C(=N\Nc1cc(C(F)(F)F)c(Cl)cc1[N+](=O)[O-])C(=N)N. The van der Waals surface area contributed by atoms with E-state index in [9.17, 15) is 23.3 Å². The van der Waals surface area contributed by atoms with Gasteiger partial charge >= 0.3 is 6.18 Å². The van der Waals surface area contributed by atoms with E-state index in [-0.39, 0.29) is 0 Å². The maximum Gasteiger partial charge on any atom is 0.417 e. The van der Waals surface area contributed by atoms with Crippen molar-refractivity contribution in [2.24, 2.45) is 10.8 Å². The number of rotatable bonds is 4. The molecule has 0 radical (unpaired) electrons. The lowest BCUT2D eigenvalue weighted by molar-refractivity contribution is -0.384. The summed E-state index contributed by atoms with van der Waals surface area (Å²) in [6.45, 7) is 0. The van der Waals surface area contributed by atoms with Crippen LogP contribution in [0.1, 0.15) is 5.56 Å². The lowest BCUT2D eigenvalue weighted by Crippen LogP contribution is -2.22. The second-order valence-corrected chi connectivity index (χ2v) is 4.11. The molecule has 0 fully saturated rings. The Kier molecular flexibility index (Phi) is 4.90. The topological polar surface area (TPSA) is 141 Å². The van der Waals surface area contributed by atoms with E-state index in [0.29, 0.717) is 12.1 Å². The molecule has 0 aliphatic heterocycles. The Bertz CT molecular complexity index is 710. The van der Waals surface area contributed by atoms with Crippen molar-refractivity contribution in [2.75, 3.05) is 5.43 Å².